The van der Waals surface area contributed by atoms with Crippen LogP contribution in [0.1, 0.15) is 20.3 Å². The number of hydrogen-bond donors (Lipinski definition) is 1. The van der Waals surface area contributed by atoms with Gasteiger partial charge in [0.25, 0.3) is 0 Å². The number of halogens is 1. The number of amides is 2. The summed E-state index contributed by atoms with van der Waals surface area (Å²) in [4.78, 5) is 26.2. The zero-order valence-electron chi connectivity index (χ0n) is 11.5. The Labute approximate surface area is 130 Å². The summed E-state index contributed by atoms with van der Waals surface area (Å²) in [6, 6.07) is 2.26. The molecule has 21 heavy (non-hydrogen) atoms. The molecule has 0 saturated carbocycles. The summed E-state index contributed by atoms with van der Waals surface area (Å²) in [7, 11) is 0. The number of benzene rings is 1. The number of piperazine rings is 1. The first-order chi connectivity index (χ1) is 10.0. The number of carbonyl (C=O) groups excluding carboxylic acids is 2. The molecule has 0 radical (unpaired) electrons. The van der Waals surface area contributed by atoms with Gasteiger partial charge in [-0.2, -0.15) is 8.75 Å². The molecule has 6 nitrogen and oxygen atoms in total. The smallest absolute Gasteiger partial charge is 0.250 e. The quantitative estimate of drug-likeness (QED) is 0.916. The van der Waals surface area contributed by atoms with E-state index in [9.17, 15) is 9.59 Å². The second kappa shape index (κ2) is 5.23. The average Bonchev–Trinajstić information content (AvgIpc) is 2.93. The van der Waals surface area contributed by atoms with Gasteiger partial charge in [-0.25, -0.2) is 0 Å². The number of carbonyl (C=O) groups is 2. The molecule has 2 amide bonds. The van der Waals surface area contributed by atoms with Crippen LogP contribution in [0.15, 0.2) is 12.1 Å². The van der Waals surface area contributed by atoms with E-state index in [1.54, 1.807) is 19.1 Å². The molecule has 0 spiro atoms. The summed E-state index contributed by atoms with van der Waals surface area (Å²) >= 11 is 7.33. The highest BCUT2D eigenvalue weighted by atomic mass is 35.5. The number of aromatic nitrogens is 2. The lowest BCUT2D eigenvalue weighted by Crippen LogP contribution is -2.62. The fraction of sp³-hybridized carbons (Fsp3) is 0.385. The first kappa shape index (κ1) is 14.2. The van der Waals surface area contributed by atoms with Crippen molar-refractivity contribution in [2.24, 2.45) is 0 Å². The van der Waals surface area contributed by atoms with Crippen molar-refractivity contribution in [3.05, 3.63) is 17.2 Å². The van der Waals surface area contributed by atoms with Gasteiger partial charge < -0.3 is 5.32 Å². The Balaban J connectivity index is 2.19. The van der Waals surface area contributed by atoms with Crippen molar-refractivity contribution in [1.29, 1.82) is 0 Å². The predicted octanol–water partition coefficient (Wildman–Crippen LogP) is 1.97. The van der Waals surface area contributed by atoms with Crippen LogP contribution in [-0.2, 0) is 9.59 Å². The van der Waals surface area contributed by atoms with E-state index in [4.69, 9.17) is 11.6 Å². The van der Waals surface area contributed by atoms with E-state index >= 15 is 0 Å². The minimum absolute atomic E-state index is 0.174. The minimum atomic E-state index is -0.634. The fourth-order valence-electron chi connectivity index (χ4n) is 2.45. The van der Waals surface area contributed by atoms with Crippen LogP contribution in [0, 0.1) is 0 Å². The number of rotatable bonds is 2. The fourth-order valence-corrected chi connectivity index (χ4v) is 3.23. The molecule has 1 aliphatic heterocycles. The molecule has 1 N–H and O–H groups in total. The zero-order chi connectivity index (χ0) is 15.1. The highest BCUT2D eigenvalue weighted by Crippen LogP contribution is 2.36. The van der Waals surface area contributed by atoms with Crippen LogP contribution >= 0.6 is 23.3 Å². The Morgan fingerprint density at radius 1 is 1.38 bits per heavy atom. The van der Waals surface area contributed by atoms with E-state index in [-0.39, 0.29) is 11.8 Å². The largest absolute Gasteiger partial charge is 0.343 e. The molecule has 1 saturated heterocycles. The summed E-state index contributed by atoms with van der Waals surface area (Å²) < 4.78 is 8.38. The number of anilines is 1. The summed E-state index contributed by atoms with van der Waals surface area (Å²) in [6.07, 6.45) is 0.525. The standard InChI is InChI=1S/C13H13ClN4O2S/c1-3-8-13(20)18(6(2)12(19)15-8)11-7(14)4-5-9-10(11)17-21-16-9/h4-6,8H,3H2,1-2H3,(H,15,19). The lowest BCUT2D eigenvalue weighted by molar-refractivity contribution is -0.133. The highest BCUT2D eigenvalue weighted by Gasteiger charge is 2.40. The van der Waals surface area contributed by atoms with E-state index in [1.165, 1.54) is 4.90 Å². The molecule has 1 aliphatic rings. The maximum atomic E-state index is 12.6. The summed E-state index contributed by atoms with van der Waals surface area (Å²) in [5, 5.41) is 3.11. The van der Waals surface area contributed by atoms with Crippen LogP contribution in [0.5, 0.6) is 0 Å². The Hall–Kier alpha value is -1.73. The van der Waals surface area contributed by atoms with Crippen molar-refractivity contribution < 1.29 is 9.59 Å². The van der Waals surface area contributed by atoms with Gasteiger partial charge in [0.1, 0.15) is 23.1 Å². The maximum Gasteiger partial charge on any atom is 0.250 e. The van der Waals surface area contributed by atoms with Gasteiger partial charge in [-0.1, -0.05) is 18.5 Å². The van der Waals surface area contributed by atoms with Crippen LogP contribution in [-0.4, -0.2) is 32.6 Å². The SMILES string of the molecule is CCC1NC(=O)C(C)N(c2c(Cl)ccc3nsnc23)C1=O. The molecule has 0 aliphatic carbocycles. The lowest BCUT2D eigenvalue weighted by atomic mass is 10.0. The van der Waals surface area contributed by atoms with Gasteiger partial charge in [-0.15, -0.1) is 0 Å². The van der Waals surface area contributed by atoms with Gasteiger partial charge in [-0.05, 0) is 25.5 Å². The Morgan fingerprint density at radius 2 is 2.14 bits per heavy atom. The van der Waals surface area contributed by atoms with Crippen LogP contribution in [0.3, 0.4) is 0 Å². The van der Waals surface area contributed by atoms with Crippen molar-refractivity contribution in [3.8, 4) is 0 Å². The predicted molar refractivity (Wildman–Crippen MR) is 81.6 cm³/mol. The summed E-state index contributed by atoms with van der Waals surface area (Å²) in [5.41, 5.74) is 1.68. The Kier molecular flexibility index (Phi) is 3.54. The van der Waals surface area contributed by atoms with Crippen molar-refractivity contribution in [3.63, 3.8) is 0 Å². The molecule has 1 fully saturated rings. The third-order valence-corrected chi connectivity index (χ3v) is 4.47. The number of nitrogens with one attached hydrogen (secondary N) is 1. The van der Waals surface area contributed by atoms with E-state index in [0.29, 0.717) is 28.2 Å². The normalized spacial score (nSPS) is 22.7. The van der Waals surface area contributed by atoms with E-state index in [1.807, 2.05) is 6.92 Å². The number of nitrogens with zero attached hydrogens (tertiary/aromatic N) is 3. The molecule has 1 aromatic carbocycles. The second-order valence-electron chi connectivity index (χ2n) is 4.88. The van der Waals surface area contributed by atoms with Crippen LogP contribution in [0.4, 0.5) is 5.69 Å². The monoisotopic (exact) mass is 324 g/mol. The summed E-state index contributed by atoms with van der Waals surface area (Å²) in [6.45, 7) is 3.53. The maximum absolute atomic E-state index is 12.6. The van der Waals surface area contributed by atoms with Gasteiger partial charge in [-0.3, -0.25) is 14.5 Å². The topological polar surface area (TPSA) is 75.2 Å². The summed E-state index contributed by atoms with van der Waals surface area (Å²) in [5.74, 6) is -0.371. The lowest BCUT2D eigenvalue weighted by Gasteiger charge is -2.37. The van der Waals surface area contributed by atoms with Gasteiger partial charge in [0, 0.05) is 0 Å². The third kappa shape index (κ3) is 2.16. The van der Waals surface area contributed by atoms with Crippen molar-refractivity contribution >= 4 is 51.9 Å². The van der Waals surface area contributed by atoms with E-state index in [2.05, 4.69) is 14.1 Å². The van der Waals surface area contributed by atoms with Crippen LogP contribution in [0.2, 0.25) is 5.02 Å². The van der Waals surface area contributed by atoms with Gasteiger partial charge in [0.15, 0.2) is 0 Å². The Bertz CT molecular complexity index is 732. The molecule has 2 atom stereocenters. The first-order valence-electron chi connectivity index (χ1n) is 6.58. The molecule has 0 bridgehead atoms. The van der Waals surface area contributed by atoms with Crippen LogP contribution < -0.4 is 10.2 Å². The van der Waals surface area contributed by atoms with Crippen LogP contribution in [0.25, 0.3) is 11.0 Å². The van der Waals surface area contributed by atoms with Gasteiger partial charge in [0.2, 0.25) is 11.8 Å². The van der Waals surface area contributed by atoms with E-state index in [0.717, 1.165) is 11.7 Å². The third-order valence-electron chi connectivity index (χ3n) is 3.62. The van der Waals surface area contributed by atoms with E-state index < -0.39 is 12.1 Å². The molecule has 8 heteroatoms. The average molecular weight is 325 g/mol. The molecule has 2 aromatic rings. The molecular weight excluding hydrogens is 312 g/mol. The first-order valence-corrected chi connectivity index (χ1v) is 7.69. The molecule has 110 valence electrons. The molecule has 3 rings (SSSR count). The molecule has 2 heterocycles. The van der Waals surface area contributed by atoms with Crippen molar-refractivity contribution in [1.82, 2.24) is 14.1 Å². The highest BCUT2D eigenvalue weighted by molar-refractivity contribution is 7.00. The zero-order valence-corrected chi connectivity index (χ0v) is 13.0. The van der Waals surface area contributed by atoms with Crippen molar-refractivity contribution in [2.45, 2.75) is 32.4 Å². The number of fused-ring (bicyclic) bond motifs is 1. The minimum Gasteiger partial charge on any atom is -0.343 e. The Morgan fingerprint density at radius 3 is 2.86 bits per heavy atom. The second-order valence-corrected chi connectivity index (χ2v) is 5.82. The van der Waals surface area contributed by atoms with Gasteiger partial charge in [0.05, 0.1) is 22.4 Å². The van der Waals surface area contributed by atoms with Crippen molar-refractivity contribution in [2.75, 3.05) is 4.90 Å². The molecule has 1 aromatic heterocycles. The number of hydrogen-bond acceptors (Lipinski definition) is 5. The molecule has 2 unspecified atom stereocenters. The van der Waals surface area contributed by atoms with Gasteiger partial charge >= 0.3 is 0 Å². The molecular formula is C13H13ClN4O2S.